The van der Waals surface area contributed by atoms with E-state index in [9.17, 15) is 0 Å². The highest BCUT2D eigenvalue weighted by Gasteiger charge is 2.50. The average Bonchev–Trinajstić information content (AvgIpc) is 3.65. The summed E-state index contributed by atoms with van der Waals surface area (Å²) in [6.45, 7) is 0. The maximum absolute atomic E-state index is 17.1. The van der Waals surface area contributed by atoms with E-state index in [-0.39, 0.29) is 0 Å². The third kappa shape index (κ3) is 5.48. The Labute approximate surface area is 343 Å². The highest BCUT2D eigenvalue weighted by atomic mass is 28.3. The van der Waals surface area contributed by atoms with Crippen molar-refractivity contribution in [2.45, 2.75) is 6.17 Å². The largest absolute Gasteiger partial charge is 0.311 e. The molecule has 1 aliphatic heterocycles. The number of nitrogens with zero attached hydrogens (tertiary/aromatic N) is 4. The molecule has 6 heteroatoms. The third-order valence-corrected chi connectivity index (χ3v) is 16.7. The summed E-state index contributed by atoms with van der Waals surface area (Å²) < 4.78 is 19.3. The van der Waals surface area contributed by atoms with Crippen molar-refractivity contribution in [3.8, 4) is 17.1 Å². The van der Waals surface area contributed by atoms with Crippen molar-refractivity contribution in [3.63, 3.8) is 0 Å². The van der Waals surface area contributed by atoms with Crippen LogP contribution in [0.2, 0.25) is 0 Å². The molecule has 10 aromatic rings. The minimum atomic E-state index is -3.10. The maximum atomic E-state index is 17.1. The van der Waals surface area contributed by atoms with Gasteiger partial charge in [-0.2, -0.15) is 0 Å². The lowest BCUT2D eigenvalue weighted by Gasteiger charge is -2.45. The minimum Gasteiger partial charge on any atom is -0.311 e. The standard InChI is InChI=1S/C53H37FN4Si/c54-52(38-18-16-17-37(35-38)44-25-12-14-33-55-44)39-29-30-43-48(36-39)58(50-28-13-15-34-56-50)46-31-32-47-53(51(43)46)59(41-21-6-2-7-22-41,42-23-8-3-9-24-42)49-27-11-10-26-45(49)57(47)40-19-4-1-5-20-40/h1-36,52H. The normalized spacial score (nSPS) is 13.5. The van der Waals surface area contributed by atoms with E-state index in [0.717, 1.165) is 50.3 Å². The zero-order valence-electron chi connectivity index (χ0n) is 32.0. The molecule has 4 heterocycles. The molecular weight excluding hydrogens is 740 g/mol. The predicted octanol–water partition coefficient (Wildman–Crippen LogP) is 10.5. The van der Waals surface area contributed by atoms with E-state index in [0.29, 0.717) is 11.1 Å². The molecule has 3 aromatic heterocycles. The minimum absolute atomic E-state index is 0.579. The Morgan fingerprint density at radius 2 is 1.15 bits per heavy atom. The molecule has 59 heavy (non-hydrogen) atoms. The Balaban J connectivity index is 1.26. The third-order valence-electron chi connectivity index (χ3n) is 11.8. The van der Waals surface area contributed by atoms with Crippen molar-refractivity contribution < 1.29 is 4.39 Å². The molecule has 0 aliphatic carbocycles. The Bertz CT molecular complexity index is 3080. The molecule has 0 spiro atoms. The number of benzene rings is 7. The number of pyridine rings is 2. The summed E-state index contributed by atoms with van der Waals surface area (Å²) >= 11 is 0. The Morgan fingerprint density at radius 3 is 1.86 bits per heavy atom. The Kier molecular flexibility index (Phi) is 8.38. The zero-order chi connectivity index (χ0) is 39.3. The van der Waals surface area contributed by atoms with Gasteiger partial charge in [0.25, 0.3) is 0 Å². The van der Waals surface area contributed by atoms with Gasteiger partial charge in [0.15, 0.2) is 14.2 Å². The van der Waals surface area contributed by atoms with Crippen molar-refractivity contribution >= 4 is 67.7 Å². The molecule has 0 N–H and O–H groups in total. The Hall–Kier alpha value is -7.41. The number of fused-ring (bicyclic) bond motifs is 6. The van der Waals surface area contributed by atoms with Crippen LogP contribution in [0.15, 0.2) is 219 Å². The number of para-hydroxylation sites is 2. The summed E-state index contributed by atoms with van der Waals surface area (Å²) in [6, 6.07) is 72.0. The second kappa shape index (κ2) is 14.2. The monoisotopic (exact) mass is 776 g/mol. The number of aromatic nitrogens is 3. The number of halogens is 1. The van der Waals surface area contributed by atoms with Gasteiger partial charge in [-0.15, -0.1) is 0 Å². The van der Waals surface area contributed by atoms with E-state index in [1.807, 2.05) is 79.0 Å². The van der Waals surface area contributed by atoms with E-state index in [1.54, 1.807) is 6.20 Å². The highest BCUT2D eigenvalue weighted by Crippen LogP contribution is 2.43. The van der Waals surface area contributed by atoms with Crippen LogP contribution >= 0.6 is 0 Å². The van der Waals surface area contributed by atoms with E-state index < -0.39 is 14.2 Å². The van der Waals surface area contributed by atoms with Crippen LogP contribution < -0.4 is 25.6 Å². The van der Waals surface area contributed by atoms with Crippen molar-refractivity contribution in [3.05, 3.63) is 230 Å². The first-order valence-electron chi connectivity index (χ1n) is 20.0. The topological polar surface area (TPSA) is 34.0 Å². The summed E-state index contributed by atoms with van der Waals surface area (Å²) in [6.07, 6.45) is 2.23. The van der Waals surface area contributed by atoms with Gasteiger partial charge in [0.2, 0.25) is 0 Å². The highest BCUT2D eigenvalue weighted by molar-refractivity contribution is 7.22. The molecule has 4 nitrogen and oxygen atoms in total. The lowest BCUT2D eigenvalue weighted by atomic mass is 9.98. The van der Waals surface area contributed by atoms with Gasteiger partial charge >= 0.3 is 0 Å². The van der Waals surface area contributed by atoms with Crippen LogP contribution in [0.5, 0.6) is 0 Å². The molecule has 1 aliphatic rings. The Morgan fingerprint density at radius 1 is 0.492 bits per heavy atom. The molecular formula is C53H37FN4Si. The summed E-state index contributed by atoms with van der Waals surface area (Å²) in [5.41, 5.74) is 8.19. The molecule has 1 atom stereocenters. The first-order chi connectivity index (χ1) is 29.2. The summed E-state index contributed by atoms with van der Waals surface area (Å²) in [5.74, 6) is 0.778. The van der Waals surface area contributed by atoms with Gasteiger partial charge in [-0.1, -0.05) is 140 Å². The van der Waals surface area contributed by atoms with Gasteiger partial charge in [-0.05, 0) is 98.6 Å². The molecule has 0 saturated carbocycles. The van der Waals surface area contributed by atoms with Gasteiger partial charge in [0, 0.05) is 45.8 Å². The van der Waals surface area contributed by atoms with Crippen molar-refractivity contribution in [2.75, 3.05) is 4.90 Å². The van der Waals surface area contributed by atoms with Gasteiger partial charge < -0.3 is 4.90 Å². The molecule has 1 unspecified atom stereocenters. The predicted molar refractivity (Wildman–Crippen MR) is 243 cm³/mol. The number of anilines is 3. The van der Waals surface area contributed by atoms with Gasteiger partial charge in [-0.25, -0.2) is 9.37 Å². The summed E-state index contributed by atoms with van der Waals surface area (Å²) in [5, 5.41) is 7.41. The van der Waals surface area contributed by atoms with Gasteiger partial charge in [0.05, 0.1) is 16.7 Å². The fourth-order valence-electron chi connectivity index (χ4n) is 9.40. The quantitative estimate of drug-likeness (QED) is 0.151. The molecule has 0 radical (unpaired) electrons. The van der Waals surface area contributed by atoms with E-state index in [1.165, 1.54) is 26.4 Å². The van der Waals surface area contributed by atoms with Crippen molar-refractivity contribution in [1.29, 1.82) is 0 Å². The van der Waals surface area contributed by atoms with E-state index in [2.05, 4.69) is 148 Å². The summed E-state index contributed by atoms with van der Waals surface area (Å²) in [7, 11) is -3.10. The molecule has 0 amide bonds. The van der Waals surface area contributed by atoms with Crippen LogP contribution in [0.1, 0.15) is 17.3 Å². The SMILES string of the molecule is FC(c1cccc(-c2ccccn2)c1)c1ccc2c3c4c(ccc3n(-c3ccccn3)c2c1)N(c1ccccc1)c1ccccc1[Si]4(c1ccccc1)c1ccccc1. The number of hydrogen-bond acceptors (Lipinski definition) is 3. The zero-order valence-corrected chi connectivity index (χ0v) is 33.0. The lowest BCUT2D eigenvalue weighted by molar-refractivity contribution is 0.402. The van der Waals surface area contributed by atoms with Gasteiger partial charge in [0.1, 0.15) is 5.82 Å². The molecule has 0 bridgehead atoms. The fraction of sp³-hybridized carbons (Fsp3) is 0.0189. The van der Waals surface area contributed by atoms with Crippen LogP contribution in [0, 0.1) is 0 Å². The summed E-state index contributed by atoms with van der Waals surface area (Å²) in [4.78, 5) is 11.9. The van der Waals surface area contributed by atoms with Crippen molar-refractivity contribution in [1.82, 2.24) is 14.5 Å². The van der Waals surface area contributed by atoms with Crippen LogP contribution in [-0.2, 0) is 0 Å². The molecule has 280 valence electrons. The van der Waals surface area contributed by atoms with Crippen molar-refractivity contribution in [2.24, 2.45) is 0 Å². The lowest BCUT2D eigenvalue weighted by Crippen LogP contribution is -2.77. The molecule has 0 saturated heterocycles. The van der Waals surface area contributed by atoms with Crippen LogP contribution in [0.25, 0.3) is 38.9 Å². The second-order valence-corrected chi connectivity index (χ2v) is 18.7. The van der Waals surface area contributed by atoms with E-state index >= 15 is 4.39 Å². The fourth-order valence-corrected chi connectivity index (χ4v) is 14.7. The number of rotatable bonds is 7. The first kappa shape index (κ1) is 34.8. The smallest absolute Gasteiger partial charge is 0.184 e. The van der Waals surface area contributed by atoms with Crippen LogP contribution in [-0.4, -0.2) is 22.6 Å². The molecule has 0 fully saturated rings. The van der Waals surface area contributed by atoms with Gasteiger partial charge in [-0.3, -0.25) is 9.55 Å². The molecule has 11 rings (SSSR count). The second-order valence-electron chi connectivity index (χ2n) is 15.0. The number of hydrogen-bond donors (Lipinski definition) is 0. The van der Waals surface area contributed by atoms with Crippen LogP contribution in [0.4, 0.5) is 21.5 Å². The number of alkyl halides is 1. The average molecular weight is 777 g/mol. The van der Waals surface area contributed by atoms with Crippen LogP contribution in [0.3, 0.4) is 0 Å². The first-order valence-corrected chi connectivity index (χ1v) is 22.0. The van der Waals surface area contributed by atoms with E-state index in [4.69, 9.17) is 4.98 Å². The molecule has 7 aromatic carbocycles. The maximum Gasteiger partial charge on any atom is 0.184 e.